The maximum Gasteiger partial charge on any atom is 0.289 e. The number of anilines is 1. The molecule has 0 unspecified atom stereocenters. The van der Waals surface area contributed by atoms with Crippen LogP contribution in [0.5, 0.6) is 0 Å². The SMILES string of the molecule is CC(C)CC(CC(C)C)Nc1ccc(Cl)c([N+](=O)[O-])c1. The molecule has 0 heterocycles. The Kier molecular flexibility index (Phi) is 6.27. The van der Waals surface area contributed by atoms with Gasteiger partial charge in [0, 0.05) is 17.8 Å². The first-order chi connectivity index (χ1) is 9.29. The van der Waals surface area contributed by atoms with Crippen LogP contribution in [0.4, 0.5) is 11.4 Å². The monoisotopic (exact) mass is 298 g/mol. The Morgan fingerprint density at radius 3 is 2.20 bits per heavy atom. The minimum atomic E-state index is -0.451. The molecule has 1 aromatic rings. The van der Waals surface area contributed by atoms with Gasteiger partial charge in [-0.25, -0.2) is 0 Å². The van der Waals surface area contributed by atoms with E-state index >= 15 is 0 Å². The van der Waals surface area contributed by atoms with Crippen molar-refractivity contribution in [3.63, 3.8) is 0 Å². The van der Waals surface area contributed by atoms with Crippen molar-refractivity contribution in [1.82, 2.24) is 0 Å². The summed E-state index contributed by atoms with van der Waals surface area (Å²) in [5.41, 5.74) is 0.705. The fraction of sp³-hybridized carbons (Fsp3) is 0.600. The van der Waals surface area contributed by atoms with Crippen molar-refractivity contribution in [2.24, 2.45) is 11.8 Å². The lowest BCUT2D eigenvalue weighted by atomic mass is 9.95. The summed E-state index contributed by atoms with van der Waals surface area (Å²) in [5.74, 6) is 1.15. The summed E-state index contributed by atoms with van der Waals surface area (Å²) in [7, 11) is 0. The fourth-order valence-corrected chi connectivity index (χ4v) is 2.52. The molecular weight excluding hydrogens is 276 g/mol. The van der Waals surface area contributed by atoms with Gasteiger partial charge in [0.2, 0.25) is 0 Å². The molecule has 1 rings (SSSR count). The predicted molar refractivity (Wildman–Crippen MR) is 84.4 cm³/mol. The first kappa shape index (κ1) is 16.8. The molecule has 1 N–H and O–H groups in total. The lowest BCUT2D eigenvalue weighted by molar-refractivity contribution is -0.384. The van der Waals surface area contributed by atoms with Crippen LogP contribution in [0.1, 0.15) is 40.5 Å². The van der Waals surface area contributed by atoms with Gasteiger partial charge >= 0.3 is 0 Å². The number of nitrogens with one attached hydrogen (secondary N) is 1. The second-order valence-corrected chi connectivity index (χ2v) is 6.43. The zero-order chi connectivity index (χ0) is 15.3. The zero-order valence-electron chi connectivity index (χ0n) is 12.5. The number of nitro benzene ring substituents is 1. The summed E-state index contributed by atoms with van der Waals surface area (Å²) in [6, 6.07) is 5.19. The molecule has 1 aromatic carbocycles. The highest BCUT2D eigenvalue weighted by Gasteiger charge is 2.16. The summed E-state index contributed by atoms with van der Waals surface area (Å²) >= 11 is 5.83. The Morgan fingerprint density at radius 2 is 1.75 bits per heavy atom. The van der Waals surface area contributed by atoms with E-state index in [2.05, 4.69) is 33.0 Å². The molecule has 0 amide bonds. The van der Waals surface area contributed by atoms with Crippen LogP contribution in [0, 0.1) is 22.0 Å². The van der Waals surface area contributed by atoms with E-state index in [1.54, 1.807) is 12.1 Å². The van der Waals surface area contributed by atoms with Gasteiger partial charge in [-0.05, 0) is 36.8 Å². The molecule has 0 saturated carbocycles. The summed E-state index contributed by atoms with van der Waals surface area (Å²) < 4.78 is 0. The van der Waals surface area contributed by atoms with Gasteiger partial charge in [0.25, 0.3) is 5.69 Å². The lowest BCUT2D eigenvalue weighted by Crippen LogP contribution is -2.23. The highest BCUT2D eigenvalue weighted by molar-refractivity contribution is 6.32. The number of halogens is 1. The van der Waals surface area contributed by atoms with E-state index < -0.39 is 4.92 Å². The van der Waals surface area contributed by atoms with E-state index in [1.807, 2.05) is 0 Å². The fourth-order valence-electron chi connectivity index (χ4n) is 2.33. The van der Waals surface area contributed by atoms with Crippen molar-refractivity contribution in [1.29, 1.82) is 0 Å². The third-order valence-corrected chi connectivity index (χ3v) is 3.35. The molecule has 0 aromatic heterocycles. The molecule has 0 bridgehead atoms. The Hall–Kier alpha value is -1.29. The van der Waals surface area contributed by atoms with Gasteiger partial charge in [-0.15, -0.1) is 0 Å². The van der Waals surface area contributed by atoms with E-state index in [0.29, 0.717) is 17.9 Å². The number of nitrogens with zero attached hydrogens (tertiary/aromatic N) is 1. The van der Waals surface area contributed by atoms with Crippen molar-refractivity contribution in [2.75, 3.05) is 5.32 Å². The average molecular weight is 299 g/mol. The molecule has 20 heavy (non-hydrogen) atoms. The number of rotatable bonds is 7. The first-order valence-electron chi connectivity index (χ1n) is 7.00. The molecule has 0 aliphatic rings. The second-order valence-electron chi connectivity index (χ2n) is 6.02. The van der Waals surface area contributed by atoms with Crippen molar-refractivity contribution in [3.05, 3.63) is 33.3 Å². The van der Waals surface area contributed by atoms with Crippen molar-refractivity contribution < 1.29 is 4.92 Å². The van der Waals surface area contributed by atoms with E-state index in [1.165, 1.54) is 6.07 Å². The van der Waals surface area contributed by atoms with Crippen LogP contribution >= 0.6 is 11.6 Å². The number of nitro groups is 1. The van der Waals surface area contributed by atoms with Crippen LogP contribution in [0.25, 0.3) is 0 Å². The average Bonchev–Trinajstić information content (AvgIpc) is 2.29. The predicted octanol–water partition coefficient (Wildman–Crippen LogP) is 5.12. The van der Waals surface area contributed by atoms with Crippen LogP contribution in [0.15, 0.2) is 18.2 Å². The Bertz CT molecular complexity index is 451. The molecule has 0 spiro atoms. The third-order valence-electron chi connectivity index (χ3n) is 3.03. The summed E-state index contributed by atoms with van der Waals surface area (Å²) in [6.45, 7) is 8.72. The van der Waals surface area contributed by atoms with Crippen molar-refractivity contribution in [2.45, 2.75) is 46.6 Å². The second kappa shape index (κ2) is 7.48. The maximum absolute atomic E-state index is 10.9. The Balaban J connectivity index is 2.87. The molecule has 0 fully saturated rings. The van der Waals surface area contributed by atoms with Gasteiger partial charge in [-0.1, -0.05) is 39.3 Å². The molecule has 0 radical (unpaired) electrons. The third kappa shape index (κ3) is 5.37. The minimum Gasteiger partial charge on any atom is -0.382 e. The topological polar surface area (TPSA) is 55.2 Å². The maximum atomic E-state index is 10.9. The standard InChI is InChI=1S/C15H23ClN2O2/c1-10(2)7-13(8-11(3)4)17-12-5-6-14(16)15(9-12)18(19)20/h5-6,9-11,13,17H,7-8H2,1-4H3. The Labute approximate surface area is 125 Å². The molecule has 0 aliphatic heterocycles. The van der Waals surface area contributed by atoms with Crippen LogP contribution < -0.4 is 5.32 Å². The molecule has 5 heteroatoms. The Morgan fingerprint density at radius 1 is 1.20 bits per heavy atom. The van der Waals surface area contributed by atoms with Crippen molar-refractivity contribution >= 4 is 23.0 Å². The quantitative estimate of drug-likeness (QED) is 0.561. The van der Waals surface area contributed by atoms with Crippen LogP contribution in [0.2, 0.25) is 5.02 Å². The van der Waals surface area contributed by atoms with Gasteiger partial charge in [0.15, 0.2) is 0 Å². The molecule has 112 valence electrons. The molecule has 0 aliphatic carbocycles. The van der Waals surface area contributed by atoms with Gasteiger partial charge in [0.1, 0.15) is 5.02 Å². The number of hydrogen-bond acceptors (Lipinski definition) is 3. The van der Waals surface area contributed by atoms with Crippen molar-refractivity contribution in [3.8, 4) is 0 Å². The normalized spacial score (nSPS) is 11.4. The minimum absolute atomic E-state index is 0.0514. The van der Waals surface area contributed by atoms with Gasteiger partial charge in [0.05, 0.1) is 4.92 Å². The largest absolute Gasteiger partial charge is 0.382 e. The van der Waals surface area contributed by atoms with E-state index in [4.69, 9.17) is 11.6 Å². The highest BCUT2D eigenvalue weighted by Crippen LogP contribution is 2.28. The summed E-state index contributed by atoms with van der Waals surface area (Å²) in [5, 5.41) is 14.5. The smallest absolute Gasteiger partial charge is 0.289 e. The molecule has 4 nitrogen and oxygen atoms in total. The highest BCUT2D eigenvalue weighted by atomic mass is 35.5. The molecule has 0 saturated heterocycles. The summed E-state index contributed by atoms with van der Waals surface area (Å²) in [4.78, 5) is 10.5. The van der Waals surface area contributed by atoms with Gasteiger partial charge in [-0.3, -0.25) is 10.1 Å². The lowest BCUT2D eigenvalue weighted by Gasteiger charge is -2.23. The first-order valence-corrected chi connectivity index (χ1v) is 7.37. The molecule has 0 atom stereocenters. The van der Waals surface area contributed by atoms with E-state index in [-0.39, 0.29) is 10.7 Å². The van der Waals surface area contributed by atoms with Crippen LogP contribution in [-0.4, -0.2) is 11.0 Å². The summed E-state index contributed by atoms with van der Waals surface area (Å²) in [6.07, 6.45) is 2.07. The zero-order valence-corrected chi connectivity index (χ0v) is 13.3. The number of benzene rings is 1. The molecular formula is C15H23ClN2O2. The van der Waals surface area contributed by atoms with Crippen LogP contribution in [-0.2, 0) is 0 Å². The van der Waals surface area contributed by atoms with Gasteiger partial charge in [-0.2, -0.15) is 0 Å². The van der Waals surface area contributed by atoms with Gasteiger partial charge < -0.3 is 5.32 Å². The van der Waals surface area contributed by atoms with Crippen LogP contribution in [0.3, 0.4) is 0 Å². The number of hydrogen-bond donors (Lipinski definition) is 1. The van der Waals surface area contributed by atoms with E-state index in [9.17, 15) is 10.1 Å². The van der Waals surface area contributed by atoms with E-state index in [0.717, 1.165) is 18.5 Å².